The van der Waals surface area contributed by atoms with Crippen molar-refractivity contribution in [1.29, 1.82) is 0 Å². The Balaban J connectivity index is 0.00000225. The van der Waals surface area contributed by atoms with E-state index in [1.807, 2.05) is 17.0 Å². The van der Waals surface area contributed by atoms with E-state index in [2.05, 4.69) is 46.7 Å². The number of carbonyl (C=O) groups is 2. The molecule has 8 heteroatoms. The molecule has 2 amide bonds. The minimum Gasteiger partial charge on any atom is -0.368 e. The zero-order valence-corrected chi connectivity index (χ0v) is 18.8. The predicted octanol–water partition coefficient (Wildman–Crippen LogP) is 2.52. The zero-order valence-electron chi connectivity index (χ0n) is 17.2. The van der Waals surface area contributed by atoms with Gasteiger partial charge in [0.25, 0.3) is 0 Å². The Bertz CT molecular complexity index is 822. The SMILES string of the molecule is CC(=O)N1CCN(c2cccc(CCc3ccc(CC(=O)NN)cc3)c2)CC1.Cl.Cl. The van der Waals surface area contributed by atoms with E-state index in [0.29, 0.717) is 6.42 Å². The Kier molecular flexibility index (Phi) is 10.7. The van der Waals surface area contributed by atoms with Crippen LogP contribution in [-0.2, 0) is 28.9 Å². The van der Waals surface area contributed by atoms with E-state index in [-0.39, 0.29) is 36.6 Å². The molecule has 0 bridgehead atoms. The number of rotatable bonds is 6. The number of nitrogens with two attached hydrogens (primary N) is 1. The van der Waals surface area contributed by atoms with Gasteiger partial charge in [0.15, 0.2) is 0 Å². The summed E-state index contributed by atoms with van der Waals surface area (Å²) in [5.74, 6) is 5.10. The van der Waals surface area contributed by atoms with Crippen LogP contribution < -0.4 is 16.2 Å². The number of piperazine rings is 1. The van der Waals surface area contributed by atoms with Crippen LogP contribution >= 0.6 is 24.8 Å². The van der Waals surface area contributed by atoms with Crippen LogP contribution in [0.5, 0.6) is 0 Å². The summed E-state index contributed by atoms with van der Waals surface area (Å²) in [5.41, 5.74) is 6.89. The fourth-order valence-electron chi connectivity index (χ4n) is 3.54. The largest absolute Gasteiger partial charge is 0.368 e. The highest BCUT2D eigenvalue weighted by Crippen LogP contribution is 2.19. The van der Waals surface area contributed by atoms with Gasteiger partial charge in [0.05, 0.1) is 6.42 Å². The second-order valence-corrected chi connectivity index (χ2v) is 7.22. The summed E-state index contributed by atoms with van der Waals surface area (Å²) in [6, 6.07) is 16.8. The van der Waals surface area contributed by atoms with Gasteiger partial charge in [-0.1, -0.05) is 36.4 Å². The van der Waals surface area contributed by atoms with Gasteiger partial charge < -0.3 is 9.80 Å². The minimum atomic E-state index is -0.186. The van der Waals surface area contributed by atoms with Crippen LogP contribution in [0.4, 0.5) is 5.69 Å². The highest BCUT2D eigenvalue weighted by Gasteiger charge is 2.18. The van der Waals surface area contributed by atoms with Crippen LogP contribution in [-0.4, -0.2) is 42.9 Å². The number of hydrogen-bond acceptors (Lipinski definition) is 4. The smallest absolute Gasteiger partial charge is 0.238 e. The zero-order chi connectivity index (χ0) is 19.9. The minimum absolute atomic E-state index is 0. The number of anilines is 1. The van der Waals surface area contributed by atoms with Crippen LogP contribution in [0.25, 0.3) is 0 Å². The molecule has 1 fully saturated rings. The quantitative estimate of drug-likeness (QED) is 0.400. The van der Waals surface area contributed by atoms with Gasteiger partial charge in [-0.15, -0.1) is 24.8 Å². The third kappa shape index (κ3) is 7.20. The number of carbonyl (C=O) groups excluding carboxylic acids is 2. The average Bonchev–Trinajstić information content (AvgIpc) is 2.73. The summed E-state index contributed by atoms with van der Waals surface area (Å²) in [7, 11) is 0. The van der Waals surface area contributed by atoms with Crippen molar-refractivity contribution in [3.05, 3.63) is 65.2 Å². The number of benzene rings is 2. The number of nitrogens with one attached hydrogen (secondary N) is 1. The van der Waals surface area contributed by atoms with Crippen molar-refractivity contribution >= 4 is 42.3 Å². The fraction of sp³-hybridized carbons (Fsp3) is 0.364. The van der Waals surface area contributed by atoms with Crippen molar-refractivity contribution in [2.75, 3.05) is 31.1 Å². The van der Waals surface area contributed by atoms with E-state index in [1.54, 1.807) is 6.92 Å². The Morgan fingerprint density at radius 2 is 1.50 bits per heavy atom. The molecule has 1 aliphatic heterocycles. The molecule has 6 nitrogen and oxygen atoms in total. The number of nitrogens with zero attached hydrogens (tertiary/aromatic N) is 2. The first-order valence-electron chi connectivity index (χ1n) is 9.72. The molecule has 3 N–H and O–H groups in total. The first kappa shape index (κ1) is 25.8. The molecule has 3 rings (SSSR count). The van der Waals surface area contributed by atoms with Crippen LogP contribution in [0, 0.1) is 0 Å². The lowest BCUT2D eigenvalue weighted by Gasteiger charge is -2.35. The Labute approximate surface area is 190 Å². The average molecular weight is 453 g/mol. The monoisotopic (exact) mass is 452 g/mol. The van der Waals surface area contributed by atoms with Crippen LogP contribution in [0.3, 0.4) is 0 Å². The molecule has 30 heavy (non-hydrogen) atoms. The lowest BCUT2D eigenvalue weighted by Crippen LogP contribution is -2.48. The van der Waals surface area contributed by atoms with E-state index < -0.39 is 0 Å². The summed E-state index contributed by atoms with van der Waals surface area (Å²) in [5, 5.41) is 0. The van der Waals surface area contributed by atoms with Crippen LogP contribution in [0.1, 0.15) is 23.6 Å². The van der Waals surface area contributed by atoms with Gasteiger partial charge in [-0.05, 0) is 41.7 Å². The Morgan fingerprint density at radius 3 is 2.10 bits per heavy atom. The summed E-state index contributed by atoms with van der Waals surface area (Å²) < 4.78 is 0. The van der Waals surface area contributed by atoms with E-state index >= 15 is 0 Å². The number of amides is 2. The van der Waals surface area contributed by atoms with E-state index in [4.69, 9.17) is 5.84 Å². The summed E-state index contributed by atoms with van der Waals surface area (Å²) >= 11 is 0. The maximum Gasteiger partial charge on any atom is 0.238 e. The maximum atomic E-state index is 11.5. The molecule has 0 unspecified atom stereocenters. The van der Waals surface area contributed by atoms with Crippen molar-refractivity contribution in [1.82, 2.24) is 10.3 Å². The topological polar surface area (TPSA) is 78.7 Å². The normalized spacial score (nSPS) is 13.1. The van der Waals surface area contributed by atoms with Gasteiger partial charge in [0, 0.05) is 38.8 Å². The molecule has 2 aromatic carbocycles. The second kappa shape index (κ2) is 12.4. The lowest BCUT2D eigenvalue weighted by molar-refractivity contribution is -0.129. The standard InChI is InChI=1S/C22H28N4O2.2ClH/c1-17(27)25-11-13-26(14-12-25)21-4-2-3-19(15-21)8-5-18-6-9-20(10-7-18)16-22(28)24-23;;/h2-4,6-7,9-10,15H,5,8,11-14,16,23H2,1H3,(H,24,28);2*1H. The fourth-order valence-corrected chi connectivity index (χ4v) is 3.54. The number of hydrogen-bond donors (Lipinski definition) is 2. The van der Waals surface area contributed by atoms with Crippen molar-refractivity contribution in [2.24, 2.45) is 5.84 Å². The summed E-state index contributed by atoms with van der Waals surface area (Å²) in [4.78, 5) is 27.1. The molecule has 1 aliphatic rings. The van der Waals surface area contributed by atoms with Gasteiger partial charge in [-0.2, -0.15) is 0 Å². The number of hydrazine groups is 1. The Morgan fingerprint density at radius 1 is 0.900 bits per heavy atom. The molecular weight excluding hydrogens is 423 g/mol. The molecular formula is C22H30Cl2N4O2. The second-order valence-electron chi connectivity index (χ2n) is 7.22. The molecule has 0 saturated carbocycles. The van der Waals surface area contributed by atoms with Gasteiger partial charge >= 0.3 is 0 Å². The van der Waals surface area contributed by atoms with Crippen molar-refractivity contribution in [3.63, 3.8) is 0 Å². The maximum absolute atomic E-state index is 11.5. The van der Waals surface area contributed by atoms with Crippen LogP contribution in [0.2, 0.25) is 0 Å². The number of aryl methyl sites for hydroxylation is 2. The van der Waals surface area contributed by atoms with Crippen molar-refractivity contribution in [2.45, 2.75) is 26.2 Å². The molecule has 0 atom stereocenters. The van der Waals surface area contributed by atoms with Gasteiger partial charge in [-0.3, -0.25) is 15.0 Å². The molecule has 164 valence electrons. The number of halogens is 2. The molecule has 0 spiro atoms. The first-order valence-corrected chi connectivity index (χ1v) is 9.72. The third-order valence-corrected chi connectivity index (χ3v) is 5.25. The highest BCUT2D eigenvalue weighted by molar-refractivity contribution is 5.85. The molecule has 0 radical (unpaired) electrons. The van der Waals surface area contributed by atoms with Crippen molar-refractivity contribution < 1.29 is 9.59 Å². The molecule has 1 saturated heterocycles. The van der Waals surface area contributed by atoms with Crippen LogP contribution in [0.15, 0.2) is 48.5 Å². The van der Waals surface area contributed by atoms with Gasteiger partial charge in [0.1, 0.15) is 0 Å². The van der Waals surface area contributed by atoms with E-state index in [1.165, 1.54) is 16.8 Å². The molecule has 0 aromatic heterocycles. The summed E-state index contributed by atoms with van der Waals surface area (Å²) in [6.45, 7) is 4.96. The predicted molar refractivity (Wildman–Crippen MR) is 125 cm³/mol. The van der Waals surface area contributed by atoms with Gasteiger partial charge in [-0.25, -0.2) is 5.84 Å². The molecule has 0 aliphatic carbocycles. The highest BCUT2D eigenvalue weighted by atomic mass is 35.5. The van der Waals surface area contributed by atoms with Gasteiger partial charge in [0.2, 0.25) is 11.8 Å². The van der Waals surface area contributed by atoms with E-state index in [9.17, 15) is 9.59 Å². The lowest BCUT2D eigenvalue weighted by atomic mass is 10.0. The third-order valence-electron chi connectivity index (χ3n) is 5.25. The first-order chi connectivity index (χ1) is 13.5. The van der Waals surface area contributed by atoms with E-state index in [0.717, 1.165) is 44.6 Å². The Hall–Kier alpha value is -2.28. The summed E-state index contributed by atoms with van der Waals surface area (Å²) in [6.07, 6.45) is 2.21. The molecule has 1 heterocycles. The van der Waals surface area contributed by atoms with Crippen molar-refractivity contribution in [3.8, 4) is 0 Å². The molecule has 2 aromatic rings.